The molecule has 0 aliphatic rings. The van der Waals surface area contributed by atoms with Crippen molar-refractivity contribution < 1.29 is 33.1 Å². The SMILES string of the molecule is COC(=O)c1c(F)cc(B(O)OC(C)(C)C(C)(C)O)cc1F. The van der Waals surface area contributed by atoms with Crippen LogP contribution >= 0.6 is 0 Å². The standard InChI is InChI=1S/C14H19BF2O5/c1-13(2,19)14(3,4)22-15(20)8-6-9(16)11(10(17)7-8)12(18)21-5/h6-7,19-20H,1-5H3. The van der Waals surface area contributed by atoms with E-state index in [1.807, 2.05) is 0 Å². The Morgan fingerprint density at radius 3 is 2.00 bits per heavy atom. The maximum atomic E-state index is 13.8. The number of benzene rings is 1. The van der Waals surface area contributed by atoms with Gasteiger partial charge < -0.3 is 19.5 Å². The quantitative estimate of drug-likeness (QED) is 0.626. The molecule has 0 aliphatic heterocycles. The molecule has 2 N–H and O–H groups in total. The largest absolute Gasteiger partial charge is 0.491 e. The Labute approximate surface area is 128 Å². The molecule has 0 unspecified atom stereocenters. The topological polar surface area (TPSA) is 76.0 Å². The molecule has 0 heterocycles. The van der Waals surface area contributed by atoms with Crippen LogP contribution < -0.4 is 5.46 Å². The lowest BCUT2D eigenvalue weighted by molar-refractivity contribution is -0.0982. The Balaban J connectivity index is 3.11. The van der Waals surface area contributed by atoms with Gasteiger partial charge in [0.1, 0.15) is 17.2 Å². The molecule has 5 nitrogen and oxygen atoms in total. The molecule has 0 saturated carbocycles. The number of hydrogen-bond donors (Lipinski definition) is 2. The molecule has 0 bridgehead atoms. The molecular weight excluding hydrogens is 297 g/mol. The molecule has 0 aromatic heterocycles. The summed E-state index contributed by atoms with van der Waals surface area (Å²) in [5.41, 5.74) is -3.57. The van der Waals surface area contributed by atoms with E-state index in [-0.39, 0.29) is 5.46 Å². The van der Waals surface area contributed by atoms with Crippen LogP contribution in [0.3, 0.4) is 0 Å². The average Bonchev–Trinajstić information content (AvgIpc) is 2.35. The third-order valence-electron chi connectivity index (χ3n) is 3.62. The van der Waals surface area contributed by atoms with Gasteiger partial charge in [-0.1, -0.05) is 0 Å². The summed E-state index contributed by atoms with van der Waals surface area (Å²) in [4.78, 5) is 11.3. The van der Waals surface area contributed by atoms with Crippen LogP contribution in [0.2, 0.25) is 0 Å². The monoisotopic (exact) mass is 316 g/mol. The van der Waals surface area contributed by atoms with Crippen LogP contribution in [0.25, 0.3) is 0 Å². The number of esters is 1. The molecule has 0 radical (unpaired) electrons. The van der Waals surface area contributed by atoms with Gasteiger partial charge in [0.25, 0.3) is 0 Å². The molecule has 8 heteroatoms. The van der Waals surface area contributed by atoms with E-state index >= 15 is 0 Å². The lowest BCUT2D eigenvalue weighted by Gasteiger charge is -2.38. The summed E-state index contributed by atoms with van der Waals surface area (Å²) in [6.07, 6.45) is 0. The number of carbonyl (C=O) groups excluding carboxylic acids is 1. The van der Waals surface area contributed by atoms with Gasteiger partial charge in [0.15, 0.2) is 0 Å². The van der Waals surface area contributed by atoms with Crippen LogP contribution in [0.5, 0.6) is 0 Å². The lowest BCUT2D eigenvalue weighted by Crippen LogP contribution is -2.53. The fourth-order valence-electron chi connectivity index (χ4n) is 1.52. The lowest BCUT2D eigenvalue weighted by atomic mass is 9.76. The zero-order chi connectivity index (χ0) is 17.3. The number of ether oxygens (including phenoxy) is 1. The Morgan fingerprint density at radius 2 is 1.64 bits per heavy atom. The maximum absolute atomic E-state index is 13.8. The average molecular weight is 316 g/mol. The summed E-state index contributed by atoms with van der Waals surface area (Å²) in [7, 11) is -0.684. The van der Waals surface area contributed by atoms with Crippen molar-refractivity contribution in [2.24, 2.45) is 0 Å². The van der Waals surface area contributed by atoms with Gasteiger partial charge in [-0.25, -0.2) is 13.6 Å². The molecule has 0 fully saturated rings. The fourth-order valence-corrected chi connectivity index (χ4v) is 1.52. The smallest absolute Gasteiger partial charge is 0.465 e. The predicted octanol–water partition coefficient (Wildman–Crippen LogP) is 1.00. The van der Waals surface area contributed by atoms with Crippen molar-refractivity contribution in [3.63, 3.8) is 0 Å². The Kier molecular flexibility index (Phi) is 5.32. The van der Waals surface area contributed by atoms with E-state index in [0.717, 1.165) is 19.2 Å². The zero-order valence-corrected chi connectivity index (χ0v) is 13.1. The van der Waals surface area contributed by atoms with Crippen molar-refractivity contribution in [3.8, 4) is 0 Å². The van der Waals surface area contributed by atoms with E-state index in [9.17, 15) is 23.7 Å². The predicted molar refractivity (Wildman–Crippen MR) is 76.8 cm³/mol. The van der Waals surface area contributed by atoms with Crippen LogP contribution in [0, 0.1) is 11.6 Å². The van der Waals surface area contributed by atoms with Crippen LogP contribution in [0.1, 0.15) is 38.1 Å². The van der Waals surface area contributed by atoms with Crippen molar-refractivity contribution in [1.29, 1.82) is 0 Å². The summed E-state index contributed by atoms with van der Waals surface area (Å²) in [6.45, 7) is 5.99. The minimum atomic E-state index is -1.68. The van der Waals surface area contributed by atoms with E-state index in [2.05, 4.69) is 4.74 Å². The Morgan fingerprint density at radius 1 is 1.18 bits per heavy atom. The first-order chi connectivity index (χ1) is 9.90. The van der Waals surface area contributed by atoms with Crippen molar-refractivity contribution in [2.45, 2.75) is 38.9 Å². The van der Waals surface area contributed by atoms with E-state index in [0.29, 0.717) is 0 Å². The second kappa shape index (κ2) is 6.32. The molecule has 1 aromatic carbocycles. The highest BCUT2D eigenvalue weighted by Crippen LogP contribution is 2.25. The number of rotatable bonds is 5. The molecule has 1 rings (SSSR count). The Bertz CT molecular complexity index is 546. The molecule has 22 heavy (non-hydrogen) atoms. The molecular formula is C14H19BF2O5. The molecule has 1 aromatic rings. The third kappa shape index (κ3) is 3.82. The van der Waals surface area contributed by atoms with Gasteiger partial charge in [0.05, 0.1) is 18.3 Å². The highest BCUT2D eigenvalue weighted by atomic mass is 19.1. The summed E-state index contributed by atoms with van der Waals surface area (Å²) in [6, 6.07) is 1.56. The highest BCUT2D eigenvalue weighted by molar-refractivity contribution is 6.60. The van der Waals surface area contributed by atoms with Crippen LogP contribution in [0.15, 0.2) is 12.1 Å². The minimum absolute atomic E-state index is 0.222. The minimum Gasteiger partial charge on any atom is -0.465 e. The first-order valence-electron chi connectivity index (χ1n) is 6.56. The molecule has 122 valence electrons. The van der Waals surface area contributed by atoms with Gasteiger partial charge in [-0.3, -0.25) is 0 Å². The Hall–Kier alpha value is -1.51. The van der Waals surface area contributed by atoms with Gasteiger partial charge in [0, 0.05) is 0 Å². The third-order valence-corrected chi connectivity index (χ3v) is 3.62. The van der Waals surface area contributed by atoms with Gasteiger partial charge in [-0.2, -0.15) is 0 Å². The number of halogens is 2. The first kappa shape index (κ1) is 18.5. The van der Waals surface area contributed by atoms with Crippen molar-refractivity contribution in [2.75, 3.05) is 7.11 Å². The first-order valence-corrected chi connectivity index (χ1v) is 6.56. The second-order valence-corrected chi connectivity index (χ2v) is 5.89. The second-order valence-electron chi connectivity index (χ2n) is 5.89. The highest BCUT2D eigenvalue weighted by Gasteiger charge is 2.40. The molecule has 0 atom stereocenters. The summed E-state index contributed by atoms with van der Waals surface area (Å²) >= 11 is 0. The molecule has 0 amide bonds. The van der Waals surface area contributed by atoms with Gasteiger partial charge in [-0.15, -0.1) is 0 Å². The van der Waals surface area contributed by atoms with Crippen LogP contribution in [-0.2, 0) is 9.39 Å². The van der Waals surface area contributed by atoms with E-state index in [1.54, 1.807) is 0 Å². The normalized spacial score (nSPS) is 12.2. The van der Waals surface area contributed by atoms with E-state index in [1.165, 1.54) is 27.7 Å². The molecule has 0 saturated heterocycles. The van der Waals surface area contributed by atoms with Crippen molar-refractivity contribution in [1.82, 2.24) is 0 Å². The van der Waals surface area contributed by atoms with Crippen molar-refractivity contribution >= 4 is 18.6 Å². The van der Waals surface area contributed by atoms with Crippen LogP contribution in [-0.4, -0.2) is 41.5 Å². The van der Waals surface area contributed by atoms with Gasteiger partial charge >= 0.3 is 13.1 Å². The maximum Gasteiger partial charge on any atom is 0.491 e. The van der Waals surface area contributed by atoms with Crippen molar-refractivity contribution in [3.05, 3.63) is 29.3 Å². The van der Waals surface area contributed by atoms with E-state index in [4.69, 9.17) is 4.65 Å². The fraction of sp³-hybridized carbons (Fsp3) is 0.500. The number of hydrogen-bond acceptors (Lipinski definition) is 5. The number of aliphatic hydroxyl groups is 1. The summed E-state index contributed by atoms with van der Waals surface area (Å²) in [5.74, 6) is -3.51. The zero-order valence-electron chi connectivity index (χ0n) is 13.1. The number of methoxy groups -OCH3 is 1. The number of carbonyl (C=O) groups is 1. The molecule has 0 aliphatic carbocycles. The molecule has 0 spiro atoms. The van der Waals surface area contributed by atoms with Gasteiger partial charge in [0.2, 0.25) is 0 Å². The summed E-state index contributed by atoms with van der Waals surface area (Å²) in [5, 5.41) is 19.9. The van der Waals surface area contributed by atoms with E-state index < -0.39 is 41.5 Å². The summed E-state index contributed by atoms with van der Waals surface area (Å²) < 4.78 is 37.2. The van der Waals surface area contributed by atoms with Crippen LogP contribution in [0.4, 0.5) is 8.78 Å². The van der Waals surface area contributed by atoms with Gasteiger partial charge in [-0.05, 0) is 45.3 Å².